The number of nitrogens with zero attached hydrogens (tertiary/aromatic N) is 4. The lowest BCUT2D eigenvalue weighted by molar-refractivity contribution is -0.118. The standard InChI is InChI=1S/C20H19FN6O2S/c1-29-16-4-2-3-15(10-16)27-20(24-25-26-27)30-12-19(28)22-8-7-13-11-23-18-6-5-14(21)9-17(13)18/h2-6,9-11,23H,7-8,12H2,1H3,(H,22,28). The van der Waals surface area contributed by atoms with Gasteiger partial charge in [0.25, 0.3) is 0 Å². The number of H-pyrrole nitrogens is 1. The van der Waals surface area contributed by atoms with Crippen LogP contribution in [0.5, 0.6) is 5.75 Å². The zero-order chi connectivity index (χ0) is 20.9. The second-order valence-electron chi connectivity index (χ2n) is 6.47. The van der Waals surface area contributed by atoms with E-state index in [2.05, 4.69) is 25.8 Å². The molecule has 1 amide bonds. The molecule has 0 aliphatic heterocycles. The van der Waals surface area contributed by atoms with E-state index in [1.807, 2.05) is 30.5 Å². The Morgan fingerprint density at radius 3 is 3.07 bits per heavy atom. The van der Waals surface area contributed by atoms with Crippen molar-refractivity contribution in [2.45, 2.75) is 11.6 Å². The average Bonchev–Trinajstić information content (AvgIpc) is 3.39. The van der Waals surface area contributed by atoms with Gasteiger partial charge in [0.1, 0.15) is 11.6 Å². The SMILES string of the molecule is COc1cccc(-n2nnnc2SCC(=O)NCCc2c[nH]c3ccc(F)cc23)c1. The Labute approximate surface area is 175 Å². The molecule has 0 saturated carbocycles. The van der Waals surface area contributed by atoms with Gasteiger partial charge < -0.3 is 15.0 Å². The number of rotatable bonds is 8. The second-order valence-corrected chi connectivity index (χ2v) is 7.41. The summed E-state index contributed by atoms with van der Waals surface area (Å²) in [5.74, 6) is 0.449. The molecule has 30 heavy (non-hydrogen) atoms. The van der Waals surface area contributed by atoms with Crippen LogP contribution in [0.15, 0.2) is 53.8 Å². The van der Waals surface area contributed by atoms with E-state index in [9.17, 15) is 9.18 Å². The largest absolute Gasteiger partial charge is 0.497 e. The Kier molecular flexibility index (Phi) is 5.94. The van der Waals surface area contributed by atoms with E-state index in [1.54, 1.807) is 17.9 Å². The van der Waals surface area contributed by atoms with Crippen LogP contribution in [0.4, 0.5) is 4.39 Å². The monoisotopic (exact) mass is 426 g/mol. The summed E-state index contributed by atoms with van der Waals surface area (Å²) in [6, 6.07) is 12.0. The number of benzene rings is 2. The van der Waals surface area contributed by atoms with Crippen molar-refractivity contribution in [1.29, 1.82) is 0 Å². The van der Waals surface area contributed by atoms with Crippen LogP contribution in [-0.2, 0) is 11.2 Å². The molecular formula is C20H19FN6O2S. The minimum absolute atomic E-state index is 0.133. The Balaban J connectivity index is 1.31. The van der Waals surface area contributed by atoms with E-state index < -0.39 is 0 Å². The van der Waals surface area contributed by atoms with Gasteiger partial charge in [-0.15, -0.1) is 5.10 Å². The number of fused-ring (bicyclic) bond motifs is 1. The number of thioether (sulfide) groups is 1. The Morgan fingerprint density at radius 2 is 2.20 bits per heavy atom. The number of aromatic amines is 1. The number of nitrogens with one attached hydrogen (secondary N) is 2. The van der Waals surface area contributed by atoms with Gasteiger partial charge in [-0.3, -0.25) is 4.79 Å². The molecule has 0 spiro atoms. The quantitative estimate of drug-likeness (QED) is 0.421. The number of carbonyl (C=O) groups excluding carboxylic acids is 1. The third-order valence-electron chi connectivity index (χ3n) is 4.52. The van der Waals surface area contributed by atoms with Crippen LogP contribution in [0.2, 0.25) is 0 Å². The lowest BCUT2D eigenvalue weighted by Gasteiger charge is -2.07. The van der Waals surface area contributed by atoms with Gasteiger partial charge >= 0.3 is 0 Å². The molecule has 2 aromatic heterocycles. The zero-order valence-corrected chi connectivity index (χ0v) is 16.9. The number of carbonyl (C=O) groups is 1. The van der Waals surface area contributed by atoms with Crippen molar-refractivity contribution in [3.63, 3.8) is 0 Å². The molecule has 0 aliphatic rings. The molecule has 10 heteroatoms. The maximum atomic E-state index is 13.5. The predicted octanol–water partition coefficient (Wildman–Crippen LogP) is 2.74. The first-order chi connectivity index (χ1) is 14.6. The summed E-state index contributed by atoms with van der Waals surface area (Å²) >= 11 is 1.24. The van der Waals surface area contributed by atoms with Crippen LogP contribution < -0.4 is 10.1 Å². The minimum atomic E-state index is -0.280. The number of tetrazole rings is 1. The normalized spacial score (nSPS) is 11.0. The highest BCUT2D eigenvalue weighted by molar-refractivity contribution is 7.99. The van der Waals surface area contributed by atoms with Crippen molar-refractivity contribution in [1.82, 2.24) is 30.5 Å². The molecule has 2 N–H and O–H groups in total. The zero-order valence-electron chi connectivity index (χ0n) is 16.1. The van der Waals surface area contributed by atoms with Gasteiger partial charge in [-0.25, -0.2) is 4.39 Å². The number of amides is 1. The number of hydrogen-bond acceptors (Lipinski definition) is 6. The maximum Gasteiger partial charge on any atom is 0.230 e. The molecular weight excluding hydrogens is 407 g/mol. The Hall–Kier alpha value is -3.40. The third-order valence-corrected chi connectivity index (χ3v) is 5.44. The van der Waals surface area contributed by atoms with E-state index >= 15 is 0 Å². The van der Waals surface area contributed by atoms with E-state index in [4.69, 9.17) is 4.74 Å². The summed E-state index contributed by atoms with van der Waals surface area (Å²) in [5, 5.41) is 15.9. The van der Waals surface area contributed by atoms with Gasteiger partial charge in [0.2, 0.25) is 11.1 Å². The highest BCUT2D eigenvalue weighted by Gasteiger charge is 2.12. The molecule has 4 rings (SSSR count). The molecule has 8 nitrogen and oxygen atoms in total. The van der Waals surface area contributed by atoms with Crippen LogP contribution >= 0.6 is 11.8 Å². The molecule has 0 aliphatic carbocycles. The van der Waals surface area contributed by atoms with Gasteiger partial charge in [-0.2, -0.15) is 4.68 Å². The molecule has 0 radical (unpaired) electrons. The van der Waals surface area contributed by atoms with E-state index in [-0.39, 0.29) is 17.5 Å². The highest BCUT2D eigenvalue weighted by atomic mass is 32.2. The van der Waals surface area contributed by atoms with Crippen LogP contribution in [-0.4, -0.2) is 50.5 Å². The fourth-order valence-electron chi connectivity index (χ4n) is 3.05. The first-order valence-corrected chi connectivity index (χ1v) is 10.2. The summed E-state index contributed by atoms with van der Waals surface area (Å²) in [5.41, 5.74) is 2.57. The molecule has 2 heterocycles. The smallest absolute Gasteiger partial charge is 0.230 e. The number of methoxy groups -OCH3 is 1. The van der Waals surface area contributed by atoms with E-state index in [0.29, 0.717) is 23.9 Å². The predicted molar refractivity (Wildman–Crippen MR) is 111 cm³/mol. The first-order valence-electron chi connectivity index (χ1n) is 9.22. The lowest BCUT2D eigenvalue weighted by Crippen LogP contribution is -2.27. The summed E-state index contributed by atoms with van der Waals surface area (Å²) in [6.07, 6.45) is 2.44. The first kappa shape index (κ1) is 19.9. The van der Waals surface area contributed by atoms with Gasteiger partial charge in [-0.05, 0) is 52.7 Å². The van der Waals surface area contributed by atoms with Crippen LogP contribution in [0.1, 0.15) is 5.56 Å². The molecule has 2 aromatic carbocycles. The number of hydrogen-bond donors (Lipinski definition) is 2. The summed E-state index contributed by atoms with van der Waals surface area (Å²) in [4.78, 5) is 15.3. The minimum Gasteiger partial charge on any atom is -0.497 e. The highest BCUT2D eigenvalue weighted by Crippen LogP contribution is 2.22. The van der Waals surface area contributed by atoms with Gasteiger partial charge in [0.15, 0.2) is 0 Å². The van der Waals surface area contributed by atoms with Gasteiger partial charge in [0, 0.05) is 29.7 Å². The number of ether oxygens (including phenoxy) is 1. The van der Waals surface area contributed by atoms with Crippen molar-refractivity contribution >= 4 is 28.6 Å². The number of aromatic nitrogens is 5. The Morgan fingerprint density at radius 1 is 1.30 bits per heavy atom. The maximum absolute atomic E-state index is 13.5. The molecule has 0 saturated heterocycles. The molecule has 0 atom stereocenters. The second kappa shape index (κ2) is 8.95. The van der Waals surface area contributed by atoms with E-state index in [1.165, 1.54) is 23.9 Å². The fourth-order valence-corrected chi connectivity index (χ4v) is 3.77. The van der Waals surface area contributed by atoms with Crippen LogP contribution in [0, 0.1) is 5.82 Å². The molecule has 4 aromatic rings. The molecule has 154 valence electrons. The summed E-state index contributed by atoms with van der Waals surface area (Å²) in [7, 11) is 1.59. The fraction of sp³-hybridized carbons (Fsp3) is 0.200. The average molecular weight is 426 g/mol. The Bertz CT molecular complexity index is 1180. The van der Waals surface area contributed by atoms with Gasteiger partial charge in [-0.1, -0.05) is 17.8 Å². The third kappa shape index (κ3) is 4.43. The van der Waals surface area contributed by atoms with Crippen molar-refractivity contribution in [2.24, 2.45) is 0 Å². The van der Waals surface area contributed by atoms with Crippen molar-refractivity contribution in [2.75, 3.05) is 19.4 Å². The van der Waals surface area contributed by atoms with E-state index in [0.717, 1.165) is 22.2 Å². The summed E-state index contributed by atoms with van der Waals surface area (Å²) < 4.78 is 20.2. The molecule has 0 bridgehead atoms. The van der Waals surface area contributed by atoms with Crippen LogP contribution in [0.3, 0.4) is 0 Å². The van der Waals surface area contributed by atoms with Crippen LogP contribution in [0.25, 0.3) is 16.6 Å². The molecule has 0 unspecified atom stereocenters. The van der Waals surface area contributed by atoms with Gasteiger partial charge in [0.05, 0.1) is 18.6 Å². The van der Waals surface area contributed by atoms with Crippen molar-refractivity contribution in [3.05, 3.63) is 60.0 Å². The van der Waals surface area contributed by atoms with Crippen molar-refractivity contribution in [3.8, 4) is 11.4 Å². The summed E-state index contributed by atoms with van der Waals surface area (Å²) in [6.45, 7) is 0.448. The number of halogens is 1. The molecule has 0 fully saturated rings. The topological polar surface area (TPSA) is 97.7 Å². The lowest BCUT2D eigenvalue weighted by atomic mass is 10.1. The van der Waals surface area contributed by atoms with Crippen molar-refractivity contribution < 1.29 is 13.9 Å².